The maximum Gasteiger partial charge on any atom is 0.339 e. The molecule has 132 valence electrons. The van der Waals surface area contributed by atoms with E-state index in [9.17, 15) is 9.59 Å². The maximum atomic E-state index is 12.2. The molecule has 0 radical (unpaired) electrons. The molecule has 0 amide bonds. The van der Waals surface area contributed by atoms with Gasteiger partial charge in [0.05, 0.1) is 30.0 Å². The summed E-state index contributed by atoms with van der Waals surface area (Å²) in [6.07, 6.45) is 5.31. The number of carboxylic acid groups (broad SMARTS) is 1. The number of carbonyl (C=O) groups excluding carboxylic acids is 1. The van der Waals surface area contributed by atoms with Gasteiger partial charge in [0.1, 0.15) is 0 Å². The third-order valence-electron chi connectivity index (χ3n) is 5.32. The molecule has 2 aromatic carbocycles. The zero-order chi connectivity index (χ0) is 18.3. The first-order chi connectivity index (χ1) is 12.6. The molecule has 2 N–H and O–H groups in total. The Hall–Kier alpha value is -3.08. The highest BCUT2D eigenvalue weighted by Crippen LogP contribution is 2.50. The molecule has 0 unspecified atom stereocenters. The Kier molecular flexibility index (Phi) is 3.99. The van der Waals surface area contributed by atoms with E-state index in [1.165, 1.54) is 7.11 Å². The van der Waals surface area contributed by atoms with Crippen molar-refractivity contribution in [3.05, 3.63) is 76.9 Å². The largest absolute Gasteiger partial charge is 0.478 e. The predicted octanol–water partition coefficient (Wildman–Crippen LogP) is 4.00. The van der Waals surface area contributed by atoms with Crippen LogP contribution >= 0.6 is 0 Å². The molecule has 1 aliphatic heterocycles. The summed E-state index contributed by atoms with van der Waals surface area (Å²) in [5.41, 5.74) is 3.71. The van der Waals surface area contributed by atoms with Crippen LogP contribution in [-0.2, 0) is 4.74 Å². The number of rotatable bonds is 3. The lowest BCUT2D eigenvalue weighted by Crippen LogP contribution is -2.30. The van der Waals surface area contributed by atoms with Gasteiger partial charge < -0.3 is 15.2 Å². The minimum atomic E-state index is -0.938. The summed E-state index contributed by atoms with van der Waals surface area (Å²) in [4.78, 5) is 23.3. The Labute approximate surface area is 151 Å². The van der Waals surface area contributed by atoms with Crippen molar-refractivity contribution in [3.63, 3.8) is 0 Å². The van der Waals surface area contributed by atoms with E-state index < -0.39 is 5.97 Å². The highest BCUT2D eigenvalue weighted by Gasteiger charge is 2.39. The van der Waals surface area contributed by atoms with Crippen molar-refractivity contribution in [2.24, 2.45) is 5.92 Å². The topological polar surface area (TPSA) is 75.6 Å². The monoisotopic (exact) mass is 349 g/mol. The normalized spacial score (nSPS) is 22.9. The number of carbonyl (C=O) groups is 2. The number of fused-ring (bicyclic) bond motifs is 3. The van der Waals surface area contributed by atoms with Crippen LogP contribution in [0.1, 0.15) is 50.2 Å². The van der Waals surface area contributed by atoms with Crippen molar-refractivity contribution >= 4 is 17.6 Å². The number of allylic oxidation sites excluding steroid dienone is 2. The van der Waals surface area contributed by atoms with Crippen LogP contribution in [0.2, 0.25) is 0 Å². The van der Waals surface area contributed by atoms with Crippen LogP contribution in [0, 0.1) is 5.92 Å². The van der Waals surface area contributed by atoms with Gasteiger partial charge in [0.15, 0.2) is 0 Å². The molecule has 2 aliphatic rings. The second-order valence-corrected chi connectivity index (χ2v) is 6.66. The highest BCUT2D eigenvalue weighted by molar-refractivity contribution is 5.97. The van der Waals surface area contributed by atoms with Crippen LogP contribution in [0.4, 0.5) is 5.69 Å². The first-order valence-corrected chi connectivity index (χ1v) is 8.58. The Morgan fingerprint density at radius 1 is 1.15 bits per heavy atom. The van der Waals surface area contributed by atoms with Crippen LogP contribution in [0.3, 0.4) is 0 Å². The van der Waals surface area contributed by atoms with Crippen molar-refractivity contribution in [1.29, 1.82) is 0 Å². The number of methoxy groups -OCH3 is 1. The number of carboxylic acids is 1. The van der Waals surface area contributed by atoms with Gasteiger partial charge in [0.25, 0.3) is 0 Å². The van der Waals surface area contributed by atoms with Crippen LogP contribution < -0.4 is 5.32 Å². The average molecular weight is 349 g/mol. The second kappa shape index (κ2) is 6.33. The zero-order valence-electron chi connectivity index (χ0n) is 14.3. The van der Waals surface area contributed by atoms with E-state index in [1.807, 2.05) is 24.3 Å². The number of aromatic carboxylic acids is 1. The predicted molar refractivity (Wildman–Crippen MR) is 97.5 cm³/mol. The van der Waals surface area contributed by atoms with Gasteiger partial charge in [-0.05, 0) is 41.7 Å². The molecule has 0 saturated heterocycles. The number of nitrogens with one attached hydrogen (secondary N) is 1. The van der Waals surface area contributed by atoms with Crippen molar-refractivity contribution in [2.75, 3.05) is 12.4 Å². The molecule has 1 aliphatic carbocycles. The van der Waals surface area contributed by atoms with Gasteiger partial charge in [-0.15, -0.1) is 0 Å². The Bertz CT molecular complexity index is 901. The van der Waals surface area contributed by atoms with Crippen molar-refractivity contribution in [1.82, 2.24) is 0 Å². The number of anilines is 1. The van der Waals surface area contributed by atoms with Gasteiger partial charge in [0.2, 0.25) is 0 Å². The molecule has 5 heteroatoms. The summed E-state index contributed by atoms with van der Waals surface area (Å²) < 4.78 is 4.93. The minimum Gasteiger partial charge on any atom is -0.478 e. The minimum absolute atomic E-state index is 0.00356. The van der Waals surface area contributed by atoms with E-state index in [0.29, 0.717) is 11.5 Å². The fourth-order valence-corrected chi connectivity index (χ4v) is 4.06. The van der Waals surface area contributed by atoms with Crippen LogP contribution in [0.15, 0.2) is 54.6 Å². The fraction of sp³-hybridized carbons (Fsp3) is 0.238. The summed E-state index contributed by atoms with van der Waals surface area (Å²) in [5.74, 6) is -0.757. The first-order valence-electron chi connectivity index (χ1n) is 8.58. The molecule has 3 atom stereocenters. The lowest BCUT2D eigenvalue weighted by atomic mass is 9.76. The third-order valence-corrected chi connectivity index (χ3v) is 5.32. The second-order valence-electron chi connectivity index (χ2n) is 6.66. The molecule has 0 aromatic heterocycles. The van der Waals surface area contributed by atoms with E-state index in [0.717, 1.165) is 23.2 Å². The number of hydrogen-bond donors (Lipinski definition) is 2. The van der Waals surface area contributed by atoms with E-state index in [4.69, 9.17) is 9.84 Å². The van der Waals surface area contributed by atoms with Gasteiger partial charge in [-0.1, -0.05) is 36.4 Å². The number of ether oxygens (including phenoxy) is 1. The molecule has 26 heavy (non-hydrogen) atoms. The lowest BCUT2D eigenvalue weighted by Gasteiger charge is -2.38. The number of hydrogen-bond acceptors (Lipinski definition) is 4. The van der Waals surface area contributed by atoms with Crippen molar-refractivity contribution in [2.45, 2.75) is 18.4 Å². The third kappa shape index (κ3) is 2.56. The molecule has 0 bridgehead atoms. The van der Waals surface area contributed by atoms with E-state index in [1.54, 1.807) is 18.2 Å². The average Bonchev–Trinajstić information content (AvgIpc) is 3.16. The first kappa shape index (κ1) is 16.4. The molecular formula is C21H19NO4. The summed E-state index contributed by atoms with van der Waals surface area (Å²) in [6, 6.07) is 12.6. The van der Waals surface area contributed by atoms with Crippen molar-refractivity contribution in [3.8, 4) is 0 Å². The molecule has 5 nitrogen and oxygen atoms in total. The number of benzene rings is 2. The van der Waals surface area contributed by atoms with Gasteiger partial charge >= 0.3 is 11.9 Å². The van der Waals surface area contributed by atoms with E-state index in [2.05, 4.69) is 17.5 Å². The number of esters is 1. The molecule has 0 spiro atoms. The van der Waals surface area contributed by atoms with Crippen molar-refractivity contribution < 1.29 is 19.4 Å². The van der Waals surface area contributed by atoms with E-state index >= 15 is 0 Å². The molecule has 0 fully saturated rings. The molecule has 1 heterocycles. The van der Waals surface area contributed by atoms with Gasteiger partial charge in [-0.2, -0.15) is 0 Å². The summed E-state index contributed by atoms with van der Waals surface area (Å²) in [6.45, 7) is 0. The Balaban J connectivity index is 1.78. The summed E-state index contributed by atoms with van der Waals surface area (Å²) >= 11 is 0. The van der Waals surface area contributed by atoms with Gasteiger partial charge in [0, 0.05) is 5.92 Å². The zero-order valence-corrected chi connectivity index (χ0v) is 14.3. The maximum absolute atomic E-state index is 12.2. The molecular weight excluding hydrogens is 330 g/mol. The summed E-state index contributed by atoms with van der Waals surface area (Å²) in [5, 5.41) is 12.6. The Morgan fingerprint density at radius 3 is 2.62 bits per heavy atom. The molecule has 4 rings (SSSR count). The fourth-order valence-electron chi connectivity index (χ4n) is 4.06. The van der Waals surface area contributed by atoms with Crippen LogP contribution in [0.5, 0.6) is 0 Å². The van der Waals surface area contributed by atoms with E-state index in [-0.39, 0.29) is 23.5 Å². The number of para-hydroxylation sites is 1. The van der Waals surface area contributed by atoms with Gasteiger partial charge in [-0.25, -0.2) is 9.59 Å². The quantitative estimate of drug-likeness (QED) is 0.647. The molecule has 2 aromatic rings. The van der Waals surface area contributed by atoms with Crippen LogP contribution in [-0.4, -0.2) is 24.2 Å². The summed E-state index contributed by atoms with van der Waals surface area (Å²) in [7, 11) is 1.38. The Morgan fingerprint density at radius 2 is 1.92 bits per heavy atom. The van der Waals surface area contributed by atoms with Gasteiger partial charge in [-0.3, -0.25) is 0 Å². The highest BCUT2D eigenvalue weighted by atomic mass is 16.5. The van der Waals surface area contributed by atoms with Crippen LogP contribution in [0.25, 0.3) is 0 Å². The SMILES string of the molecule is COC(=O)c1cccc2c1N[C@H](c1ccc(C(=O)O)cc1)[C@@H]1CC=C[C@@H]21. The molecule has 0 saturated carbocycles. The lowest BCUT2D eigenvalue weighted by molar-refractivity contribution is 0.0600. The smallest absolute Gasteiger partial charge is 0.339 e. The standard InChI is InChI=1S/C21H19NO4/c1-26-21(25)17-7-3-6-16-14-4-2-5-15(14)18(22-19(16)17)12-8-10-13(11-9-12)20(23)24/h2-4,6-11,14-15,18,22H,5H2,1H3,(H,23,24)/t14-,15-,18-/m1/s1.